The smallest absolute Gasteiger partial charge is 0.305 e. The number of aliphatic carboxylic acids is 1. The molecule has 0 bridgehead atoms. The Morgan fingerprint density at radius 2 is 2.00 bits per heavy atom. The first-order valence-electron chi connectivity index (χ1n) is 5.19. The van der Waals surface area contributed by atoms with Crippen molar-refractivity contribution in [3.05, 3.63) is 36.0 Å². The maximum Gasteiger partial charge on any atom is 0.305 e. The van der Waals surface area contributed by atoms with Gasteiger partial charge in [-0.2, -0.15) is 0 Å². The monoisotopic (exact) mass is 232 g/mol. The Kier molecular flexibility index (Phi) is 2.82. The van der Waals surface area contributed by atoms with Crippen molar-refractivity contribution in [3.63, 3.8) is 0 Å². The summed E-state index contributed by atoms with van der Waals surface area (Å²) in [5.41, 5.74) is 6.52. The summed E-state index contributed by atoms with van der Waals surface area (Å²) < 4.78 is 1.74. The van der Waals surface area contributed by atoms with Crippen molar-refractivity contribution in [3.8, 4) is 0 Å². The van der Waals surface area contributed by atoms with E-state index in [1.807, 2.05) is 18.2 Å². The number of carbonyl (C=O) groups is 2. The number of nitrogens with zero attached hydrogens (tertiary/aromatic N) is 1. The van der Waals surface area contributed by atoms with Crippen LogP contribution in [0.2, 0.25) is 0 Å². The van der Waals surface area contributed by atoms with Gasteiger partial charge >= 0.3 is 5.97 Å². The molecule has 1 heterocycles. The van der Waals surface area contributed by atoms with Crippen molar-refractivity contribution >= 4 is 22.8 Å². The van der Waals surface area contributed by atoms with E-state index < -0.39 is 11.9 Å². The summed E-state index contributed by atoms with van der Waals surface area (Å²) in [7, 11) is 0. The summed E-state index contributed by atoms with van der Waals surface area (Å²) in [5, 5.41) is 9.41. The fourth-order valence-corrected chi connectivity index (χ4v) is 1.84. The molecule has 5 heteroatoms. The third-order valence-corrected chi connectivity index (χ3v) is 2.62. The normalized spacial score (nSPS) is 10.6. The lowest BCUT2D eigenvalue weighted by Crippen LogP contribution is -2.10. The van der Waals surface area contributed by atoms with Crippen LogP contribution in [0.3, 0.4) is 0 Å². The van der Waals surface area contributed by atoms with Crippen LogP contribution >= 0.6 is 0 Å². The van der Waals surface area contributed by atoms with E-state index in [2.05, 4.69) is 0 Å². The first kappa shape index (κ1) is 11.2. The van der Waals surface area contributed by atoms with Gasteiger partial charge in [0.15, 0.2) is 0 Å². The molecule has 0 atom stereocenters. The standard InChI is InChI=1S/C12H12N2O3/c13-12(17)9-7-14(6-5-11(15)16)10-4-2-1-3-8(9)10/h1-4,7H,5-6H2,(H2,13,17)(H,15,16). The zero-order valence-corrected chi connectivity index (χ0v) is 9.09. The number of aryl methyl sites for hydroxylation is 1. The number of carbonyl (C=O) groups excluding carboxylic acids is 1. The molecule has 5 nitrogen and oxygen atoms in total. The lowest BCUT2D eigenvalue weighted by atomic mass is 10.2. The maximum atomic E-state index is 11.3. The molecule has 0 aliphatic rings. The molecule has 0 aliphatic heterocycles. The lowest BCUT2D eigenvalue weighted by molar-refractivity contribution is -0.137. The van der Waals surface area contributed by atoms with E-state index in [9.17, 15) is 9.59 Å². The average molecular weight is 232 g/mol. The summed E-state index contributed by atoms with van der Waals surface area (Å²) in [4.78, 5) is 21.8. The molecule has 1 aromatic carbocycles. The van der Waals surface area contributed by atoms with E-state index >= 15 is 0 Å². The van der Waals surface area contributed by atoms with Crippen LogP contribution in [-0.2, 0) is 11.3 Å². The van der Waals surface area contributed by atoms with Crippen LogP contribution in [0.5, 0.6) is 0 Å². The minimum atomic E-state index is -0.872. The van der Waals surface area contributed by atoms with Crippen molar-refractivity contribution < 1.29 is 14.7 Å². The minimum Gasteiger partial charge on any atom is -0.481 e. The summed E-state index contributed by atoms with van der Waals surface area (Å²) >= 11 is 0. The number of benzene rings is 1. The number of hydrogen-bond acceptors (Lipinski definition) is 2. The van der Waals surface area contributed by atoms with Crippen LogP contribution < -0.4 is 5.73 Å². The van der Waals surface area contributed by atoms with Gasteiger partial charge < -0.3 is 15.4 Å². The second-order valence-corrected chi connectivity index (χ2v) is 3.76. The number of amides is 1. The molecule has 0 saturated carbocycles. The van der Waals surface area contributed by atoms with E-state index in [0.29, 0.717) is 12.1 Å². The topological polar surface area (TPSA) is 85.3 Å². The van der Waals surface area contributed by atoms with Gasteiger partial charge in [-0.1, -0.05) is 18.2 Å². The van der Waals surface area contributed by atoms with Gasteiger partial charge in [0.2, 0.25) is 0 Å². The highest BCUT2D eigenvalue weighted by Gasteiger charge is 2.12. The number of hydrogen-bond donors (Lipinski definition) is 2. The largest absolute Gasteiger partial charge is 0.481 e. The van der Waals surface area contributed by atoms with Crippen LogP contribution in [0.4, 0.5) is 0 Å². The SMILES string of the molecule is NC(=O)c1cn(CCC(=O)O)c2ccccc12. The van der Waals surface area contributed by atoms with Gasteiger partial charge in [-0.25, -0.2) is 0 Å². The van der Waals surface area contributed by atoms with Crippen molar-refractivity contribution in [2.75, 3.05) is 0 Å². The fraction of sp³-hybridized carbons (Fsp3) is 0.167. The first-order chi connectivity index (χ1) is 8.09. The second-order valence-electron chi connectivity index (χ2n) is 3.76. The van der Waals surface area contributed by atoms with E-state index in [1.54, 1.807) is 16.8 Å². The number of rotatable bonds is 4. The van der Waals surface area contributed by atoms with Gasteiger partial charge in [0.25, 0.3) is 5.91 Å². The fourth-order valence-electron chi connectivity index (χ4n) is 1.84. The molecular weight excluding hydrogens is 220 g/mol. The number of carboxylic acids is 1. The van der Waals surface area contributed by atoms with Crippen molar-refractivity contribution in [2.45, 2.75) is 13.0 Å². The van der Waals surface area contributed by atoms with Gasteiger partial charge in [-0.05, 0) is 6.07 Å². The Bertz CT molecular complexity index is 586. The highest BCUT2D eigenvalue weighted by atomic mass is 16.4. The van der Waals surface area contributed by atoms with Gasteiger partial charge in [0.1, 0.15) is 0 Å². The molecule has 1 aromatic heterocycles. The Hall–Kier alpha value is -2.30. The van der Waals surface area contributed by atoms with Crippen LogP contribution in [0.25, 0.3) is 10.9 Å². The third kappa shape index (κ3) is 2.13. The Morgan fingerprint density at radius 1 is 1.29 bits per heavy atom. The summed E-state index contributed by atoms with van der Waals surface area (Å²) in [6.45, 7) is 0.323. The maximum absolute atomic E-state index is 11.3. The molecule has 17 heavy (non-hydrogen) atoms. The molecule has 1 amide bonds. The van der Waals surface area contributed by atoms with Crippen molar-refractivity contribution in [2.24, 2.45) is 5.73 Å². The van der Waals surface area contributed by atoms with Crippen LogP contribution in [0.1, 0.15) is 16.8 Å². The number of aromatic nitrogens is 1. The molecule has 0 unspecified atom stereocenters. The van der Waals surface area contributed by atoms with Gasteiger partial charge in [0, 0.05) is 23.6 Å². The molecule has 88 valence electrons. The number of nitrogens with two attached hydrogens (primary N) is 1. The molecule has 0 aliphatic carbocycles. The Labute approximate surface area is 97.4 Å². The molecule has 0 saturated heterocycles. The number of para-hydroxylation sites is 1. The van der Waals surface area contributed by atoms with Gasteiger partial charge in [-0.3, -0.25) is 9.59 Å². The van der Waals surface area contributed by atoms with Crippen molar-refractivity contribution in [1.82, 2.24) is 4.57 Å². The van der Waals surface area contributed by atoms with Crippen LogP contribution in [0, 0.1) is 0 Å². The minimum absolute atomic E-state index is 0.0108. The Balaban J connectivity index is 2.49. The van der Waals surface area contributed by atoms with Crippen LogP contribution in [-0.4, -0.2) is 21.6 Å². The summed E-state index contributed by atoms with van der Waals surface area (Å²) in [6.07, 6.45) is 1.62. The average Bonchev–Trinajstić information content (AvgIpc) is 2.65. The van der Waals surface area contributed by atoms with E-state index in [4.69, 9.17) is 10.8 Å². The molecular formula is C12H12N2O3. The predicted molar refractivity (Wildman–Crippen MR) is 62.7 cm³/mol. The quantitative estimate of drug-likeness (QED) is 0.830. The van der Waals surface area contributed by atoms with Crippen molar-refractivity contribution in [1.29, 1.82) is 0 Å². The highest BCUT2D eigenvalue weighted by molar-refractivity contribution is 6.06. The first-order valence-corrected chi connectivity index (χ1v) is 5.19. The molecule has 0 spiro atoms. The third-order valence-electron chi connectivity index (χ3n) is 2.62. The molecule has 0 radical (unpaired) electrons. The lowest BCUT2D eigenvalue weighted by Gasteiger charge is -2.01. The highest BCUT2D eigenvalue weighted by Crippen LogP contribution is 2.21. The number of fused-ring (bicyclic) bond motifs is 1. The van der Waals surface area contributed by atoms with Crippen LogP contribution in [0.15, 0.2) is 30.5 Å². The second kappa shape index (κ2) is 4.29. The predicted octanol–water partition coefficient (Wildman–Crippen LogP) is 1.21. The Morgan fingerprint density at radius 3 is 2.65 bits per heavy atom. The zero-order valence-electron chi connectivity index (χ0n) is 9.09. The summed E-state index contributed by atoms with van der Waals surface area (Å²) in [6, 6.07) is 7.29. The number of primary amides is 1. The van der Waals surface area contributed by atoms with E-state index in [1.165, 1.54) is 0 Å². The molecule has 2 aromatic rings. The van der Waals surface area contributed by atoms with E-state index in [-0.39, 0.29) is 6.42 Å². The van der Waals surface area contributed by atoms with E-state index in [0.717, 1.165) is 10.9 Å². The van der Waals surface area contributed by atoms with Gasteiger partial charge in [-0.15, -0.1) is 0 Å². The molecule has 2 rings (SSSR count). The summed E-state index contributed by atoms with van der Waals surface area (Å²) in [5.74, 6) is -1.38. The zero-order chi connectivity index (χ0) is 12.4. The van der Waals surface area contributed by atoms with Gasteiger partial charge in [0.05, 0.1) is 12.0 Å². The number of carboxylic acid groups (broad SMARTS) is 1. The molecule has 0 fully saturated rings. The molecule has 3 N–H and O–H groups in total.